The highest BCUT2D eigenvalue weighted by Crippen LogP contribution is 2.48. The van der Waals surface area contributed by atoms with Crippen LogP contribution in [-0.2, 0) is 0 Å². The van der Waals surface area contributed by atoms with Crippen LogP contribution in [0.3, 0.4) is 0 Å². The second-order valence-electron chi connectivity index (χ2n) is 24.2. The predicted octanol–water partition coefficient (Wildman–Crippen LogP) is 19.2. The van der Waals surface area contributed by atoms with Crippen LogP contribution < -0.4 is 16.0 Å². The normalized spacial score (nSPS) is 15.9. The Hall–Kier alpha value is -10.4. The summed E-state index contributed by atoms with van der Waals surface area (Å²) in [6, 6.07) is 93.3. The molecule has 8 aromatic heterocycles. The Morgan fingerprint density at radius 1 is 0.429 bits per heavy atom. The van der Waals surface area contributed by atoms with E-state index >= 15 is 0 Å². The summed E-state index contributed by atoms with van der Waals surface area (Å²) in [6.07, 6.45) is 3.44. The number of aromatic nitrogens is 6. The lowest BCUT2D eigenvalue weighted by Gasteiger charge is -2.45. The van der Waals surface area contributed by atoms with E-state index in [-0.39, 0.29) is 12.3 Å². The first-order valence-electron chi connectivity index (χ1n) is 31.3. The van der Waals surface area contributed by atoms with Gasteiger partial charge in [0.25, 0.3) is 0 Å². The molecule has 0 aliphatic carbocycles. The first kappa shape index (κ1) is 52.5. The molecule has 4 atom stereocenters. The molecule has 4 unspecified atom stereocenters. The van der Waals surface area contributed by atoms with Gasteiger partial charge in [-0.05, 0) is 98.9 Å². The van der Waals surface area contributed by atoms with E-state index in [1.807, 2.05) is 22.7 Å². The first-order valence-corrected chi connectivity index (χ1v) is 32.9. The van der Waals surface area contributed by atoms with Crippen LogP contribution in [0.2, 0.25) is 0 Å². The third kappa shape index (κ3) is 7.56. The Bertz CT molecular complexity index is 6010. The second-order valence-corrected chi connectivity index (χ2v) is 26.3. The van der Waals surface area contributed by atoms with Gasteiger partial charge >= 0.3 is 0 Å². The largest absolute Gasteiger partial charge is 0.342 e. The molecule has 438 valence electrons. The quantitative estimate of drug-likeness (QED) is 0.113. The van der Waals surface area contributed by atoms with Crippen LogP contribution in [0.15, 0.2) is 267 Å². The van der Waals surface area contributed by atoms with Crippen molar-refractivity contribution in [3.8, 4) is 11.4 Å². The van der Waals surface area contributed by atoms with Crippen LogP contribution in [0, 0.1) is 0 Å². The molecule has 1 aliphatic heterocycles. The minimum Gasteiger partial charge on any atom is -0.342 e. The molecule has 0 radical (unpaired) electrons. The summed E-state index contributed by atoms with van der Waals surface area (Å²) < 4.78 is 20.3. The molecule has 9 heterocycles. The van der Waals surface area contributed by atoms with Gasteiger partial charge in [-0.3, -0.25) is 15.2 Å². The lowest BCUT2D eigenvalue weighted by molar-refractivity contribution is 0.151. The zero-order valence-corrected chi connectivity index (χ0v) is 51.8. The number of thiophene rings is 2. The topological polar surface area (TPSA) is 68.9 Å². The summed E-state index contributed by atoms with van der Waals surface area (Å²) in [5.41, 5.74) is 17.5. The Morgan fingerprint density at radius 3 is 1.45 bits per heavy atom. The molecule has 19 rings (SSSR count). The number of rotatable bonds is 11. The van der Waals surface area contributed by atoms with Gasteiger partial charge in [0.1, 0.15) is 24.3 Å². The number of nitrogens with one attached hydrogen (secondary N) is 3. The average molecular weight is 1210 g/mol. The van der Waals surface area contributed by atoms with E-state index in [9.17, 15) is 0 Å². The lowest BCUT2D eigenvalue weighted by atomic mass is 10.1. The summed E-state index contributed by atoms with van der Waals surface area (Å²) >= 11 is 3.76. The fourth-order valence-corrected chi connectivity index (χ4v) is 18.0. The van der Waals surface area contributed by atoms with Crippen LogP contribution in [-0.4, -0.2) is 58.7 Å². The molecule has 0 fully saturated rings. The Balaban J connectivity index is 0.864. The SMILES string of the molecule is CNC(NC(/C=C(\C)n1c2ccccc2c2c1c1ccccc1n2-c1ccccc1)n1c2ccccc2c2sc3ccccc3c21)C1NC(n2c3ccccc3c3c2c2ccccc2n3-c2ccccc2)C=C(n2c3ccccc3c3sc4ccccc4c32)N1C. The van der Waals surface area contributed by atoms with Gasteiger partial charge in [0, 0.05) is 76.6 Å². The molecule has 91 heavy (non-hydrogen) atoms. The molecule has 0 spiro atoms. The van der Waals surface area contributed by atoms with E-state index in [0.717, 1.165) is 39.4 Å². The fraction of sp³-hybridized carbons (Fsp3) is 0.0886. The number of para-hydroxylation sites is 8. The standard InChI is InChI=1S/C79H60N10S2/c1-48(84-59-38-18-10-30-51(59)71-70(84)52-31-11-19-39-60(52)85(71)49-26-6-4-7-27-49)46-67(88-63-42-22-14-34-55(63)76-74(88)57-36-16-24-44-65(57)90-76)81-78(80-2)79-82-68(47-69(83(79)3)89-64-43-23-15-35-56(64)77-75(89)58-37-17-25-45-66(58)91-77)87-62-41-21-13-33-54(62)72-73(87)53-32-12-20-40-61(53)86(72)50-28-8-5-9-29-50/h4-47,67-68,78-82H,1-3H3/b48-46+. The van der Waals surface area contributed by atoms with Crippen molar-refractivity contribution < 1.29 is 0 Å². The summed E-state index contributed by atoms with van der Waals surface area (Å²) in [4.78, 5) is 2.48. The number of allylic oxidation sites excluding steroid dienone is 1. The summed E-state index contributed by atoms with van der Waals surface area (Å²) in [6.45, 7) is 2.31. The van der Waals surface area contributed by atoms with E-state index < -0.39 is 12.3 Å². The van der Waals surface area contributed by atoms with Crippen LogP contribution in [0.4, 0.5) is 0 Å². The van der Waals surface area contributed by atoms with E-state index in [1.165, 1.54) is 112 Å². The molecule has 1 aliphatic rings. The fourth-order valence-electron chi connectivity index (χ4n) is 15.6. The molecule has 12 heteroatoms. The van der Waals surface area contributed by atoms with Gasteiger partial charge in [0.2, 0.25) is 0 Å². The number of hydrogen-bond donors (Lipinski definition) is 3. The Kier molecular flexibility index (Phi) is 11.7. The summed E-state index contributed by atoms with van der Waals surface area (Å²) in [7, 11) is 4.40. The van der Waals surface area contributed by atoms with Gasteiger partial charge in [-0.15, -0.1) is 22.7 Å². The molecule has 0 bridgehead atoms. The maximum absolute atomic E-state index is 4.47. The van der Waals surface area contributed by atoms with Crippen molar-refractivity contribution in [2.45, 2.75) is 31.6 Å². The van der Waals surface area contributed by atoms with Crippen LogP contribution in [0.25, 0.3) is 151 Å². The molecule has 10 aromatic carbocycles. The number of fused-ring (bicyclic) bond motifs is 20. The highest BCUT2D eigenvalue weighted by Gasteiger charge is 2.38. The maximum atomic E-state index is 4.47. The minimum atomic E-state index is -0.414. The zero-order valence-electron chi connectivity index (χ0n) is 50.2. The molecule has 0 amide bonds. The summed E-state index contributed by atoms with van der Waals surface area (Å²) in [5, 5.41) is 22.6. The Morgan fingerprint density at radius 2 is 0.857 bits per heavy atom. The molecular formula is C79H60N10S2. The molecule has 10 nitrogen and oxygen atoms in total. The smallest absolute Gasteiger partial charge is 0.114 e. The van der Waals surface area contributed by atoms with Gasteiger partial charge in [0.15, 0.2) is 0 Å². The molecule has 0 saturated heterocycles. The highest BCUT2D eigenvalue weighted by atomic mass is 32.1. The average Bonchev–Trinajstić information content (AvgIpc) is 1.60. The zero-order chi connectivity index (χ0) is 60.2. The van der Waals surface area contributed by atoms with Gasteiger partial charge in [-0.1, -0.05) is 182 Å². The van der Waals surface area contributed by atoms with Crippen molar-refractivity contribution in [1.82, 2.24) is 48.3 Å². The van der Waals surface area contributed by atoms with Gasteiger partial charge in [-0.2, -0.15) is 0 Å². The third-order valence-electron chi connectivity index (χ3n) is 19.4. The highest BCUT2D eigenvalue weighted by molar-refractivity contribution is 7.27. The van der Waals surface area contributed by atoms with Crippen molar-refractivity contribution in [2.24, 2.45) is 0 Å². The minimum absolute atomic E-state index is 0.357. The van der Waals surface area contributed by atoms with Crippen LogP contribution in [0.1, 0.15) is 19.3 Å². The molecule has 3 N–H and O–H groups in total. The monoisotopic (exact) mass is 1210 g/mol. The maximum Gasteiger partial charge on any atom is 0.114 e. The van der Waals surface area contributed by atoms with Crippen molar-refractivity contribution in [1.29, 1.82) is 0 Å². The third-order valence-corrected chi connectivity index (χ3v) is 21.7. The summed E-state index contributed by atoms with van der Waals surface area (Å²) in [5.74, 6) is 1.08. The van der Waals surface area contributed by atoms with Crippen molar-refractivity contribution in [3.05, 3.63) is 267 Å². The molecular weight excluding hydrogens is 1150 g/mol. The van der Waals surface area contributed by atoms with Gasteiger partial charge < -0.3 is 33.1 Å². The van der Waals surface area contributed by atoms with E-state index in [4.69, 9.17) is 0 Å². The lowest BCUT2D eigenvalue weighted by Crippen LogP contribution is -2.64. The first-order chi connectivity index (χ1) is 45.0. The predicted molar refractivity (Wildman–Crippen MR) is 385 cm³/mol. The number of benzene rings is 10. The van der Waals surface area contributed by atoms with Gasteiger partial charge in [0.05, 0.1) is 81.8 Å². The number of nitrogens with zero attached hydrogens (tertiary/aromatic N) is 7. The molecule has 0 saturated carbocycles. The second kappa shape index (κ2) is 20.3. The number of likely N-dealkylation sites (N-methyl/N-ethyl adjacent to an activating group) is 2. The van der Waals surface area contributed by atoms with Crippen molar-refractivity contribution in [2.75, 3.05) is 14.1 Å². The van der Waals surface area contributed by atoms with Crippen LogP contribution >= 0.6 is 22.7 Å². The van der Waals surface area contributed by atoms with E-state index in [0.29, 0.717) is 0 Å². The van der Waals surface area contributed by atoms with Crippen LogP contribution in [0.5, 0.6) is 0 Å². The Labute approximate surface area is 531 Å². The molecule has 18 aromatic rings. The van der Waals surface area contributed by atoms with E-state index in [1.54, 1.807) is 0 Å². The van der Waals surface area contributed by atoms with E-state index in [2.05, 4.69) is 336 Å². The van der Waals surface area contributed by atoms with Crippen molar-refractivity contribution in [3.63, 3.8) is 0 Å². The van der Waals surface area contributed by atoms with Gasteiger partial charge in [-0.25, -0.2) is 0 Å². The van der Waals surface area contributed by atoms with Crippen molar-refractivity contribution >= 4 is 162 Å². The number of hydrogen-bond acceptors (Lipinski definition) is 6.